The Balaban J connectivity index is 1.65. The van der Waals surface area contributed by atoms with E-state index >= 15 is 0 Å². The zero-order valence-electron chi connectivity index (χ0n) is 23.5. The molecule has 0 radical (unpaired) electrons. The van der Waals surface area contributed by atoms with Crippen LogP contribution >= 0.6 is 0 Å². The molecule has 39 heavy (non-hydrogen) atoms. The number of benzene rings is 3. The summed E-state index contributed by atoms with van der Waals surface area (Å²) < 4.78 is 7.87. The number of carbonyl (C=O) groups is 2. The highest BCUT2D eigenvalue weighted by molar-refractivity contribution is 5.99. The van der Waals surface area contributed by atoms with Gasteiger partial charge >= 0.3 is 12.0 Å². The van der Waals surface area contributed by atoms with Crippen LogP contribution in [-0.4, -0.2) is 33.7 Å². The number of rotatable bonds is 9. The fourth-order valence-electron chi connectivity index (χ4n) is 4.54. The van der Waals surface area contributed by atoms with E-state index in [1.807, 2.05) is 76.2 Å². The normalized spacial score (nSPS) is 11.4. The maximum Gasteiger partial charge on any atom is 0.339 e. The number of esters is 1. The molecule has 2 amide bonds. The van der Waals surface area contributed by atoms with Crippen molar-refractivity contribution in [1.82, 2.24) is 14.9 Å². The second kappa shape index (κ2) is 12.2. The highest BCUT2D eigenvalue weighted by Crippen LogP contribution is 2.28. The number of anilines is 1. The van der Waals surface area contributed by atoms with Gasteiger partial charge in [-0.1, -0.05) is 61.9 Å². The van der Waals surface area contributed by atoms with Crippen molar-refractivity contribution in [1.29, 1.82) is 0 Å². The molecular weight excluding hydrogens is 488 g/mol. The Hall–Kier alpha value is -4.13. The first-order valence-electron chi connectivity index (χ1n) is 13.6. The van der Waals surface area contributed by atoms with Crippen molar-refractivity contribution >= 4 is 28.7 Å². The number of unbranched alkanes of at least 4 members (excludes halogenated alkanes) is 1. The van der Waals surface area contributed by atoms with Crippen molar-refractivity contribution < 1.29 is 14.3 Å². The minimum absolute atomic E-state index is 0.239. The molecule has 0 fully saturated rings. The number of nitrogens with one attached hydrogen (secondary N) is 2. The number of hydrogen-bond donors (Lipinski definition) is 2. The molecule has 1 aromatic heterocycles. The largest absolute Gasteiger partial charge is 0.456 e. The molecule has 4 rings (SSSR count). The number of para-hydroxylation sites is 1. The maximum atomic E-state index is 12.8. The lowest BCUT2D eigenvalue weighted by Crippen LogP contribution is -2.28. The zero-order valence-corrected chi connectivity index (χ0v) is 23.5. The Labute approximate surface area is 230 Å². The lowest BCUT2D eigenvalue weighted by molar-refractivity contribution is 0.00704. The van der Waals surface area contributed by atoms with E-state index in [4.69, 9.17) is 9.72 Å². The van der Waals surface area contributed by atoms with Crippen molar-refractivity contribution in [3.8, 4) is 11.1 Å². The second-order valence-corrected chi connectivity index (χ2v) is 10.6. The summed E-state index contributed by atoms with van der Waals surface area (Å²) in [7, 11) is 0. The molecule has 7 nitrogen and oxygen atoms in total. The molecule has 204 valence electrons. The van der Waals surface area contributed by atoms with Crippen molar-refractivity contribution in [3.63, 3.8) is 0 Å². The predicted octanol–water partition coefficient (Wildman–Crippen LogP) is 7.19. The smallest absolute Gasteiger partial charge is 0.339 e. The third-order valence-corrected chi connectivity index (χ3v) is 6.35. The first kappa shape index (κ1) is 27.9. The molecule has 0 saturated carbocycles. The fraction of sp³-hybridized carbons (Fsp3) is 0.344. The first-order valence-corrected chi connectivity index (χ1v) is 13.6. The molecule has 1 heterocycles. The van der Waals surface area contributed by atoms with Gasteiger partial charge in [0.2, 0.25) is 0 Å². The van der Waals surface area contributed by atoms with Gasteiger partial charge in [0.25, 0.3) is 0 Å². The number of nitrogens with zero attached hydrogens (tertiary/aromatic N) is 2. The van der Waals surface area contributed by atoms with Crippen LogP contribution in [0.15, 0.2) is 66.7 Å². The van der Waals surface area contributed by atoms with E-state index in [0.29, 0.717) is 24.3 Å². The predicted molar refractivity (Wildman–Crippen MR) is 157 cm³/mol. The number of amides is 2. The minimum Gasteiger partial charge on any atom is -0.456 e. The van der Waals surface area contributed by atoms with Gasteiger partial charge < -0.3 is 19.9 Å². The number of hydrogen-bond acceptors (Lipinski definition) is 4. The van der Waals surface area contributed by atoms with Crippen LogP contribution in [0.4, 0.5) is 10.5 Å². The summed E-state index contributed by atoms with van der Waals surface area (Å²) in [5.41, 5.74) is 5.37. The summed E-state index contributed by atoms with van der Waals surface area (Å²) in [6, 6.07) is 21.5. The first-order chi connectivity index (χ1) is 18.7. The van der Waals surface area contributed by atoms with Gasteiger partial charge in [-0.15, -0.1) is 0 Å². The molecule has 0 bridgehead atoms. The average Bonchev–Trinajstić information content (AvgIpc) is 3.25. The lowest BCUT2D eigenvalue weighted by atomic mass is 9.98. The number of carbonyl (C=O) groups excluding carboxylic acids is 2. The Kier molecular flexibility index (Phi) is 8.69. The van der Waals surface area contributed by atoms with Gasteiger partial charge in [-0.05, 0) is 69.0 Å². The number of aromatic nitrogens is 2. The molecule has 0 atom stereocenters. The van der Waals surface area contributed by atoms with Crippen LogP contribution in [0.3, 0.4) is 0 Å². The Bertz CT molecular complexity index is 1450. The molecule has 4 aromatic rings. The van der Waals surface area contributed by atoms with Gasteiger partial charge in [0.05, 0.1) is 16.8 Å². The van der Waals surface area contributed by atoms with E-state index in [0.717, 1.165) is 52.8 Å². The molecule has 0 unspecified atom stereocenters. The second-order valence-electron chi connectivity index (χ2n) is 10.6. The molecule has 0 aliphatic rings. The minimum atomic E-state index is -0.563. The third kappa shape index (κ3) is 6.85. The van der Waals surface area contributed by atoms with Crippen LogP contribution in [0, 0.1) is 0 Å². The number of aryl methyl sites for hydroxylation is 1. The van der Waals surface area contributed by atoms with Gasteiger partial charge in [-0.2, -0.15) is 0 Å². The van der Waals surface area contributed by atoms with Gasteiger partial charge in [0.1, 0.15) is 16.9 Å². The standard InChI is InChI=1S/C32H38N4O3/c1-6-8-16-28-35-29-26(34-31(38)33-7-2)14-11-15-27(29)36(28)21-22-17-19-23(20-18-22)24-12-9-10-13-25(24)30(37)39-32(3,4)5/h9-15,17-20H,6-8,16,21H2,1-5H3,(H2,33,34,38). The Morgan fingerprint density at radius 1 is 0.949 bits per heavy atom. The molecule has 0 aliphatic heterocycles. The Morgan fingerprint density at radius 3 is 2.38 bits per heavy atom. The van der Waals surface area contributed by atoms with E-state index in [-0.39, 0.29) is 12.0 Å². The number of imidazole rings is 1. The van der Waals surface area contributed by atoms with Crippen LogP contribution in [0.1, 0.15) is 69.2 Å². The van der Waals surface area contributed by atoms with Crippen molar-refractivity contribution in [2.75, 3.05) is 11.9 Å². The monoisotopic (exact) mass is 526 g/mol. The van der Waals surface area contributed by atoms with Gasteiger partial charge in [0.15, 0.2) is 0 Å². The number of ether oxygens (including phenoxy) is 1. The van der Waals surface area contributed by atoms with Crippen LogP contribution < -0.4 is 10.6 Å². The molecule has 7 heteroatoms. The summed E-state index contributed by atoms with van der Waals surface area (Å²) in [6.45, 7) is 10.9. The zero-order chi connectivity index (χ0) is 28.0. The summed E-state index contributed by atoms with van der Waals surface area (Å²) in [4.78, 5) is 30.0. The molecule has 0 aliphatic carbocycles. The topological polar surface area (TPSA) is 85.3 Å². The van der Waals surface area contributed by atoms with Crippen molar-refractivity contribution in [3.05, 3.63) is 83.7 Å². The lowest BCUT2D eigenvalue weighted by Gasteiger charge is -2.20. The van der Waals surface area contributed by atoms with E-state index in [2.05, 4.69) is 34.3 Å². The van der Waals surface area contributed by atoms with Crippen LogP contribution in [0.5, 0.6) is 0 Å². The fourth-order valence-corrected chi connectivity index (χ4v) is 4.54. The van der Waals surface area contributed by atoms with Gasteiger partial charge in [-0.25, -0.2) is 14.6 Å². The van der Waals surface area contributed by atoms with Crippen LogP contribution in [0.2, 0.25) is 0 Å². The summed E-state index contributed by atoms with van der Waals surface area (Å²) in [6.07, 6.45) is 2.95. The van der Waals surface area contributed by atoms with Crippen molar-refractivity contribution in [2.24, 2.45) is 0 Å². The summed E-state index contributed by atoms with van der Waals surface area (Å²) in [5.74, 6) is 0.668. The highest BCUT2D eigenvalue weighted by atomic mass is 16.6. The molecule has 0 spiro atoms. The summed E-state index contributed by atoms with van der Waals surface area (Å²) >= 11 is 0. The third-order valence-electron chi connectivity index (χ3n) is 6.35. The SMILES string of the molecule is CCCCc1nc2c(NC(=O)NCC)cccc2n1Cc1ccc(-c2ccccc2C(=O)OC(C)(C)C)cc1. The molecular formula is C32H38N4O3. The van der Waals surface area contributed by atoms with E-state index in [9.17, 15) is 9.59 Å². The average molecular weight is 527 g/mol. The Morgan fingerprint density at radius 2 is 1.69 bits per heavy atom. The van der Waals surface area contributed by atoms with Gasteiger partial charge in [0, 0.05) is 19.5 Å². The van der Waals surface area contributed by atoms with E-state index < -0.39 is 5.60 Å². The van der Waals surface area contributed by atoms with Gasteiger partial charge in [-0.3, -0.25) is 0 Å². The quantitative estimate of drug-likeness (QED) is 0.226. The molecule has 3 aromatic carbocycles. The van der Waals surface area contributed by atoms with E-state index in [1.54, 1.807) is 6.07 Å². The highest BCUT2D eigenvalue weighted by Gasteiger charge is 2.21. The summed E-state index contributed by atoms with van der Waals surface area (Å²) in [5, 5.41) is 5.72. The van der Waals surface area contributed by atoms with Crippen molar-refractivity contribution in [2.45, 2.75) is 66.0 Å². The number of urea groups is 1. The van der Waals surface area contributed by atoms with E-state index in [1.165, 1.54) is 0 Å². The maximum absolute atomic E-state index is 12.8. The number of fused-ring (bicyclic) bond motifs is 1. The van der Waals surface area contributed by atoms with Crippen LogP contribution in [0.25, 0.3) is 22.2 Å². The molecule has 2 N–H and O–H groups in total. The molecule has 0 saturated heterocycles. The van der Waals surface area contributed by atoms with Crippen LogP contribution in [-0.2, 0) is 17.7 Å².